The van der Waals surface area contributed by atoms with E-state index >= 15 is 0 Å². The number of halogens is 1. The van der Waals surface area contributed by atoms with E-state index in [1.165, 1.54) is 32.0 Å². The van der Waals surface area contributed by atoms with E-state index in [1.54, 1.807) is 25.1 Å². The van der Waals surface area contributed by atoms with Crippen LogP contribution in [0.15, 0.2) is 41.3 Å². The van der Waals surface area contributed by atoms with E-state index in [9.17, 15) is 18.0 Å². The van der Waals surface area contributed by atoms with Gasteiger partial charge in [-0.05, 0) is 50.2 Å². The van der Waals surface area contributed by atoms with Crippen LogP contribution < -0.4 is 5.32 Å². The van der Waals surface area contributed by atoms with Crippen LogP contribution in [0.1, 0.15) is 26.5 Å². The lowest BCUT2D eigenvalue weighted by molar-refractivity contribution is -0.156. The van der Waals surface area contributed by atoms with Gasteiger partial charge >= 0.3 is 5.97 Å². The second kappa shape index (κ2) is 9.90. The minimum atomic E-state index is -4.12. The van der Waals surface area contributed by atoms with Gasteiger partial charge in [-0.2, -0.15) is 0 Å². The van der Waals surface area contributed by atoms with Crippen molar-refractivity contribution in [3.05, 3.63) is 47.2 Å². The molecule has 0 spiro atoms. The monoisotopic (exact) mass is 536 g/mol. The summed E-state index contributed by atoms with van der Waals surface area (Å²) in [6.07, 6.45) is -0.901. The number of thiazole rings is 1. The molecule has 0 saturated heterocycles. The molecule has 1 unspecified atom stereocenters. The highest BCUT2D eigenvalue weighted by atomic mass is 35.5. The average molecular weight is 537 g/mol. The Kier molecular flexibility index (Phi) is 7.08. The number of nitrogens with zero attached hydrogens (tertiary/aromatic N) is 3. The Morgan fingerprint density at radius 1 is 1.17 bits per heavy atom. The summed E-state index contributed by atoms with van der Waals surface area (Å²) >= 11 is 7.18. The summed E-state index contributed by atoms with van der Waals surface area (Å²) in [5.74, 6) is -0.826. The number of esters is 1. The maximum Gasteiger partial charge on any atom is 0.334 e. The molecule has 10 nitrogen and oxygen atoms in total. The molecule has 35 heavy (non-hydrogen) atoms. The van der Waals surface area contributed by atoms with Crippen LogP contribution in [-0.4, -0.2) is 46.9 Å². The van der Waals surface area contributed by atoms with Crippen LogP contribution in [0.25, 0.3) is 21.3 Å². The Morgan fingerprint density at radius 3 is 2.66 bits per heavy atom. The van der Waals surface area contributed by atoms with E-state index in [0.29, 0.717) is 26.4 Å². The van der Waals surface area contributed by atoms with Crippen molar-refractivity contribution in [1.82, 2.24) is 13.9 Å². The molecule has 184 valence electrons. The number of anilines is 1. The Morgan fingerprint density at radius 2 is 1.94 bits per heavy atom. The molecular formula is C22H21ClN4O6S2. The molecule has 0 saturated carbocycles. The molecular weight excluding hydrogens is 516 g/mol. The number of pyridine rings is 1. The van der Waals surface area contributed by atoms with Crippen molar-refractivity contribution >= 4 is 71.2 Å². The number of rotatable bonds is 8. The number of aromatic nitrogens is 3. The van der Waals surface area contributed by atoms with E-state index in [-0.39, 0.29) is 34.9 Å². The minimum Gasteiger partial charge on any atom is -0.464 e. The molecule has 1 amide bonds. The number of ether oxygens (including phenoxy) is 2. The SMILES string of the molecule is CCOC(=O)C(C)OCc1cc2nc(Cl)ccc2n1S(=O)(=O)c1ccc2nc(NC(C)=O)sc2c1. The Labute approximate surface area is 209 Å². The number of amides is 1. The quantitative estimate of drug-likeness (QED) is 0.264. The molecule has 0 bridgehead atoms. The van der Waals surface area contributed by atoms with E-state index < -0.39 is 22.1 Å². The molecule has 4 aromatic rings. The molecule has 1 aromatic carbocycles. The van der Waals surface area contributed by atoms with Crippen LogP contribution in [0.2, 0.25) is 5.15 Å². The van der Waals surface area contributed by atoms with Gasteiger partial charge in [0.05, 0.1) is 45.1 Å². The Balaban J connectivity index is 1.77. The highest BCUT2D eigenvalue weighted by Crippen LogP contribution is 2.31. The van der Waals surface area contributed by atoms with Crippen molar-refractivity contribution < 1.29 is 27.5 Å². The molecule has 3 aromatic heterocycles. The van der Waals surface area contributed by atoms with Crippen LogP contribution in [0.3, 0.4) is 0 Å². The van der Waals surface area contributed by atoms with Crippen LogP contribution in [-0.2, 0) is 35.7 Å². The second-order valence-electron chi connectivity index (χ2n) is 7.48. The summed E-state index contributed by atoms with van der Waals surface area (Å²) in [7, 11) is -4.12. The molecule has 0 aliphatic rings. The minimum absolute atomic E-state index is 0.00941. The van der Waals surface area contributed by atoms with Crippen LogP contribution in [0.4, 0.5) is 5.13 Å². The van der Waals surface area contributed by atoms with Crippen molar-refractivity contribution in [1.29, 1.82) is 0 Å². The normalized spacial score (nSPS) is 12.7. The van der Waals surface area contributed by atoms with Crippen molar-refractivity contribution in [3.63, 3.8) is 0 Å². The number of carbonyl (C=O) groups is 2. The Bertz CT molecular complexity index is 1550. The van der Waals surface area contributed by atoms with Crippen molar-refractivity contribution in [2.75, 3.05) is 11.9 Å². The summed E-state index contributed by atoms with van der Waals surface area (Å²) < 4.78 is 39.9. The van der Waals surface area contributed by atoms with Crippen molar-refractivity contribution in [2.24, 2.45) is 0 Å². The first-order valence-electron chi connectivity index (χ1n) is 10.5. The summed E-state index contributed by atoms with van der Waals surface area (Å²) in [4.78, 5) is 31.8. The summed E-state index contributed by atoms with van der Waals surface area (Å²) in [6, 6.07) is 9.11. The molecule has 0 radical (unpaired) electrons. The van der Waals surface area contributed by atoms with Gasteiger partial charge in [0.2, 0.25) is 5.91 Å². The van der Waals surface area contributed by atoms with Crippen LogP contribution >= 0.6 is 22.9 Å². The fourth-order valence-corrected chi connectivity index (χ4v) is 6.11. The maximum atomic E-state index is 13.8. The standard InChI is InChI=1S/C22H21ClN4O6S2/c1-4-32-21(29)12(2)33-11-14-9-17-18(7-8-20(23)25-17)27(14)35(30,31)15-5-6-16-19(10-15)34-22(26-16)24-13(3)28/h5-10,12H,4,11H2,1-3H3,(H,24,26,28). The topological polar surface area (TPSA) is 129 Å². The number of benzene rings is 1. The first-order chi connectivity index (χ1) is 16.6. The van der Waals surface area contributed by atoms with Gasteiger partial charge in [-0.3, -0.25) is 4.79 Å². The van der Waals surface area contributed by atoms with Gasteiger partial charge < -0.3 is 14.8 Å². The van der Waals surface area contributed by atoms with E-state index in [1.807, 2.05) is 0 Å². The van der Waals surface area contributed by atoms with Gasteiger partial charge in [0.1, 0.15) is 5.15 Å². The zero-order valence-corrected chi connectivity index (χ0v) is 21.3. The number of carbonyl (C=O) groups excluding carboxylic acids is 2. The van der Waals surface area contributed by atoms with E-state index in [4.69, 9.17) is 21.1 Å². The highest BCUT2D eigenvalue weighted by molar-refractivity contribution is 7.90. The smallest absolute Gasteiger partial charge is 0.334 e. The lowest BCUT2D eigenvalue weighted by Crippen LogP contribution is -2.24. The number of hydrogen-bond donors (Lipinski definition) is 1. The number of nitrogens with one attached hydrogen (secondary N) is 1. The second-order valence-corrected chi connectivity index (χ2v) is 10.7. The zero-order chi connectivity index (χ0) is 25.3. The molecule has 1 atom stereocenters. The predicted octanol–water partition coefficient (Wildman–Crippen LogP) is 3.96. The first kappa shape index (κ1) is 25.0. The summed E-state index contributed by atoms with van der Waals surface area (Å²) in [6.45, 7) is 4.59. The highest BCUT2D eigenvalue weighted by Gasteiger charge is 2.26. The number of hydrogen-bond acceptors (Lipinski definition) is 9. The predicted molar refractivity (Wildman–Crippen MR) is 132 cm³/mol. The van der Waals surface area contributed by atoms with Gasteiger partial charge in [0.15, 0.2) is 11.2 Å². The largest absolute Gasteiger partial charge is 0.464 e. The van der Waals surface area contributed by atoms with Crippen molar-refractivity contribution in [2.45, 2.75) is 38.4 Å². The molecule has 13 heteroatoms. The Hall–Kier alpha value is -3.06. The van der Waals surface area contributed by atoms with Gasteiger partial charge in [-0.25, -0.2) is 27.2 Å². The van der Waals surface area contributed by atoms with Gasteiger partial charge in [-0.15, -0.1) is 0 Å². The number of fused-ring (bicyclic) bond motifs is 2. The third-order valence-corrected chi connectivity index (χ3v) is 7.84. The van der Waals surface area contributed by atoms with Gasteiger partial charge in [0.25, 0.3) is 10.0 Å². The molecule has 1 N–H and O–H groups in total. The molecule has 4 rings (SSSR count). The first-order valence-corrected chi connectivity index (χ1v) is 13.1. The summed E-state index contributed by atoms with van der Waals surface area (Å²) in [5, 5.41) is 3.18. The average Bonchev–Trinajstić information content (AvgIpc) is 3.36. The zero-order valence-electron chi connectivity index (χ0n) is 18.9. The molecule has 0 aliphatic heterocycles. The van der Waals surface area contributed by atoms with Gasteiger partial charge in [-0.1, -0.05) is 22.9 Å². The van der Waals surface area contributed by atoms with Crippen molar-refractivity contribution in [3.8, 4) is 0 Å². The lowest BCUT2D eigenvalue weighted by Gasteiger charge is -2.15. The molecule has 3 heterocycles. The van der Waals surface area contributed by atoms with Crippen LogP contribution in [0, 0.1) is 0 Å². The van der Waals surface area contributed by atoms with Crippen LogP contribution in [0.5, 0.6) is 0 Å². The molecule has 0 fully saturated rings. The maximum absolute atomic E-state index is 13.8. The lowest BCUT2D eigenvalue weighted by atomic mass is 10.3. The fourth-order valence-electron chi connectivity index (χ4n) is 3.39. The third kappa shape index (κ3) is 5.15. The van der Waals surface area contributed by atoms with E-state index in [2.05, 4.69) is 15.3 Å². The van der Waals surface area contributed by atoms with E-state index in [0.717, 1.165) is 15.3 Å². The molecule has 0 aliphatic carbocycles. The van der Waals surface area contributed by atoms with Gasteiger partial charge in [0, 0.05) is 6.92 Å². The summed E-state index contributed by atoms with van der Waals surface area (Å²) in [5.41, 5.74) is 1.47. The third-order valence-electron chi connectivity index (χ3n) is 4.93. The fraction of sp³-hybridized carbons (Fsp3) is 0.273.